The maximum atomic E-state index is 9.65. The zero-order valence-electron chi connectivity index (χ0n) is 10.1. The van der Waals surface area contributed by atoms with Gasteiger partial charge in [-0.15, -0.1) is 0 Å². The van der Waals surface area contributed by atoms with Crippen molar-refractivity contribution in [3.63, 3.8) is 0 Å². The van der Waals surface area contributed by atoms with Gasteiger partial charge in [0.15, 0.2) is 0 Å². The van der Waals surface area contributed by atoms with Crippen LogP contribution in [0.3, 0.4) is 0 Å². The summed E-state index contributed by atoms with van der Waals surface area (Å²) in [6.07, 6.45) is 1.60. The molecule has 0 spiro atoms. The number of fused-ring (bicyclic) bond motifs is 3. The molecule has 1 unspecified atom stereocenters. The molecule has 0 saturated carbocycles. The maximum absolute atomic E-state index is 9.65. The molecular weight excluding hydrogens is 212 g/mol. The number of benzene rings is 1. The van der Waals surface area contributed by atoms with E-state index in [2.05, 4.69) is 30.8 Å². The molecule has 3 heteroatoms. The van der Waals surface area contributed by atoms with Gasteiger partial charge in [0.25, 0.3) is 0 Å². The lowest BCUT2D eigenvalue weighted by atomic mass is 9.81. The van der Waals surface area contributed by atoms with Crippen molar-refractivity contribution < 1.29 is 5.11 Å². The number of aromatic hydroxyl groups is 1. The molecule has 17 heavy (non-hydrogen) atoms. The average molecular weight is 234 g/mol. The number of phenols is 1. The van der Waals surface area contributed by atoms with E-state index in [9.17, 15) is 5.11 Å². The fourth-order valence-corrected chi connectivity index (χ4v) is 3.56. The van der Waals surface area contributed by atoms with Gasteiger partial charge in [-0.1, -0.05) is 14.4 Å². The summed E-state index contributed by atoms with van der Waals surface area (Å²) in [4.78, 5) is 4.73. The van der Waals surface area contributed by atoms with Crippen LogP contribution in [0.2, 0.25) is 0 Å². The first-order valence-electron chi connectivity index (χ1n) is 5.80. The molecule has 3 nitrogen and oxygen atoms in total. The number of phenolic OH excluding ortho intramolecular Hbond substituents is 1. The molecule has 1 fully saturated rings. The van der Waals surface area contributed by atoms with Gasteiger partial charge in [0.2, 0.25) is 0 Å². The Balaban J connectivity index is 0.00000108. The van der Waals surface area contributed by atoms with Gasteiger partial charge in [0, 0.05) is 24.7 Å². The molecule has 2 atom stereocenters. The highest BCUT2D eigenvalue weighted by Crippen LogP contribution is 2.51. The second-order valence-corrected chi connectivity index (χ2v) is 5.33. The van der Waals surface area contributed by atoms with E-state index in [0.717, 1.165) is 13.0 Å². The fourth-order valence-electron chi connectivity index (χ4n) is 3.56. The van der Waals surface area contributed by atoms with Crippen LogP contribution in [0.25, 0.3) is 0 Å². The third-order valence-corrected chi connectivity index (χ3v) is 4.31. The van der Waals surface area contributed by atoms with Gasteiger partial charge >= 0.3 is 0 Å². The SMILES string of the molecule is C.CN1CC[C@]2(C)c3cc(O)ccc3N(C)C12. The van der Waals surface area contributed by atoms with Crippen molar-refractivity contribution in [3.05, 3.63) is 23.8 Å². The van der Waals surface area contributed by atoms with E-state index >= 15 is 0 Å². The molecule has 0 amide bonds. The van der Waals surface area contributed by atoms with Crippen LogP contribution in [0.1, 0.15) is 26.3 Å². The van der Waals surface area contributed by atoms with Gasteiger partial charge in [-0.05, 0) is 37.2 Å². The molecule has 2 aliphatic rings. The van der Waals surface area contributed by atoms with Crippen LogP contribution < -0.4 is 4.90 Å². The van der Waals surface area contributed by atoms with E-state index in [-0.39, 0.29) is 12.8 Å². The molecule has 1 saturated heterocycles. The Hall–Kier alpha value is -1.22. The minimum absolute atomic E-state index is 0. The quantitative estimate of drug-likeness (QED) is 0.746. The van der Waals surface area contributed by atoms with Crippen LogP contribution in [0, 0.1) is 0 Å². The highest BCUT2D eigenvalue weighted by atomic mass is 16.3. The Morgan fingerprint density at radius 1 is 1.35 bits per heavy atom. The lowest BCUT2D eigenvalue weighted by molar-refractivity contribution is 0.268. The van der Waals surface area contributed by atoms with Crippen molar-refractivity contribution in [1.82, 2.24) is 4.90 Å². The van der Waals surface area contributed by atoms with Crippen molar-refractivity contribution in [1.29, 1.82) is 0 Å². The Morgan fingerprint density at radius 2 is 2.06 bits per heavy atom. The fraction of sp³-hybridized carbons (Fsp3) is 0.571. The lowest BCUT2D eigenvalue weighted by Crippen LogP contribution is -2.45. The van der Waals surface area contributed by atoms with Crippen molar-refractivity contribution in [2.24, 2.45) is 0 Å². The number of hydrogen-bond acceptors (Lipinski definition) is 3. The topological polar surface area (TPSA) is 26.7 Å². The number of likely N-dealkylation sites (tertiary alicyclic amines) is 1. The normalized spacial score (nSPS) is 31.0. The summed E-state index contributed by atoms with van der Waals surface area (Å²) in [6, 6.07) is 5.74. The van der Waals surface area contributed by atoms with Crippen LogP contribution >= 0.6 is 0 Å². The Bertz CT molecular complexity index is 446. The zero-order chi connectivity index (χ0) is 11.5. The van der Waals surface area contributed by atoms with Crippen molar-refractivity contribution in [3.8, 4) is 5.75 Å². The van der Waals surface area contributed by atoms with Crippen LogP contribution in [-0.2, 0) is 5.41 Å². The molecule has 0 radical (unpaired) electrons. The van der Waals surface area contributed by atoms with Gasteiger partial charge in [-0.3, -0.25) is 4.90 Å². The highest BCUT2D eigenvalue weighted by molar-refractivity contribution is 5.65. The van der Waals surface area contributed by atoms with E-state index in [0.29, 0.717) is 11.9 Å². The summed E-state index contributed by atoms with van der Waals surface area (Å²) >= 11 is 0. The van der Waals surface area contributed by atoms with Crippen LogP contribution in [-0.4, -0.2) is 36.8 Å². The number of likely N-dealkylation sites (N-methyl/N-ethyl adjacent to an activating group) is 2. The summed E-state index contributed by atoms with van der Waals surface area (Å²) < 4.78 is 0. The molecule has 1 aromatic rings. The zero-order valence-corrected chi connectivity index (χ0v) is 10.1. The molecule has 0 bridgehead atoms. The largest absolute Gasteiger partial charge is 0.508 e. The second kappa shape index (κ2) is 3.64. The van der Waals surface area contributed by atoms with Crippen molar-refractivity contribution >= 4 is 5.69 Å². The number of nitrogens with zero attached hydrogens (tertiary/aromatic N) is 2. The second-order valence-electron chi connectivity index (χ2n) is 5.33. The standard InChI is InChI=1S/C13H18N2O.CH4/c1-13-6-7-14(2)12(13)15(3)11-5-4-9(16)8-10(11)13;/h4-5,8,12,16H,6-7H2,1-3H3;1H4/t12?,13-;/m1./s1. The minimum Gasteiger partial charge on any atom is -0.508 e. The predicted molar refractivity (Wildman–Crippen MR) is 71.6 cm³/mol. The average Bonchev–Trinajstić information content (AvgIpc) is 2.65. The van der Waals surface area contributed by atoms with Crippen LogP contribution in [0.15, 0.2) is 18.2 Å². The van der Waals surface area contributed by atoms with Crippen LogP contribution in [0.4, 0.5) is 5.69 Å². The van der Waals surface area contributed by atoms with E-state index in [4.69, 9.17) is 0 Å². The van der Waals surface area contributed by atoms with E-state index in [1.54, 1.807) is 6.07 Å². The predicted octanol–water partition coefficient (Wildman–Crippen LogP) is 2.40. The molecule has 1 aromatic carbocycles. The molecule has 3 rings (SSSR count). The smallest absolute Gasteiger partial charge is 0.116 e. The molecule has 94 valence electrons. The third kappa shape index (κ3) is 1.38. The summed E-state index contributed by atoms with van der Waals surface area (Å²) in [7, 11) is 4.33. The monoisotopic (exact) mass is 234 g/mol. The Kier molecular flexibility index (Phi) is 2.62. The summed E-state index contributed by atoms with van der Waals surface area (Å²) in [5.74, 6) is 0.378. The molecular formula is C14H22N2O. The van der Waals surface area contributed by atoms with Crippen molar-refractivity contribution in [2.45, 2.75) is 32.4 Å². The van der Waals surface area contributed by atoms with Gasteiger partial charge < -0.3 is 10.0 Å². The number of rotatable bonds is 0. The number of anilines is 1. The van der Waals surface area contributed by atoms with E-state index < -0.39 is 0 Å². The minimum atomic E-state index is 0. The van der Waals surface area contributed by atoms with E-state index in [1.807, 2.05) is 12.1 Å². The van der Waals surface area contributed by atoms with Gasteiger partial charge in [0.1, 0.15) is 5.75 Å². The molecule has 1 N–H and O–H groups in total. The van der Waals surface area contributed by atoms with Gasteiger partial charge in [-0.2, -0.15) is 0 Å². The Morgan fingerprint density at radius 3 is 2.76 bits per heavy atom. The first-order valence-corrected chi connectivity index (χ1v) is 5.80. The van der Waals surface area contributed by atoms with E-state index in [1.165, 1.54) is 11.3 Å². The van der Waals surface area contributed by atoms with Crippen molar-refractivity contribution in [2.75, 3.05) is 25.5 Å². The third-order valence-electron chi connectivity index (χ3n) is 4.31. The first kappa shape index (κ1) is 12.2. The summed E-state index contributed by atoms with van der Waals surface area (Å²) in [5, 5.41) is 9.65. The van der Waals surface area contributed by atoms with Gasteiger partial charge in [0.05, 0.1) is 6.17 Å². The van der Waals surface area contributed by atoms with Gasteiger partial charge in [-0.25, -0.2) is 0 Å². The molecule has 0 aromatic heterocycles. The molecule has 2 heterocycles. The highest BCUT2D eigenvalue weighted by Gasteiger charge is 2.52. The first-order chi connectivity index (χ1) is 7.54. The number of hydrogen-bond donors (Lipinski definition) is 1. The lowest BCUT2D eigenvalue weighted by Gasteiger charge is -2.32. The molecule has 2 aliphatic heterocycles. The maximum Gasteiger partial charge on any atom is 0.116 e. The summed E-state index contributed by atoms with van der Waals surface area (Å²) in [5.41, 5.74) is 2.72. The Labute approximate surface area is 104 Å². The summed E-state index contributed by atoms with van der Waals surface area (Å²) in [6.45, 7) is 3.43. The van der Waals surface area contributed by atoms with Crippen LogP contribution in [0.5, 0.6) is 5.75 Å². The molecule has 0 aliphatic carbocycles.